The summed E-state index contributed by atoms with van der Waals surface area (Å²) in [5.74, 6) is 1.13. The van der Waals surface area contributed by atoms with E-state index in [0.717, 1.165) is 5.69 Å². The second-order valence-electron chi connectivity index (χ2n) is 7.92. The molecule has 0 aliphatic carbocycles. The van der Waals surface area contributed by atoms with Gasteiger partial charge in [-0.2, -0.15) is 0 Å². The average Bonchev–Trinajstić information content (AvgIpc) is 3.22. The third kappa shape index (κ3) is 6.51. The number of aromatic nitrogens is 3. The Bertz CT molecular complexity index is 1400. The molecule has 0 aliphatic rings. The smallest absolute Gasteiger partial charge is 0.220 e. The summed E-state index contributed by atoms with van der Waals surface area (Å²) in [7, 11) is 1.58. The predicted octanol–water partition coefficient (Wildman–Crippen LogP) is 6.72. The lowest BCUT2D eigenvalue weighted by Gasteiger charge is -2.17. The highest BCUT2D eigenvalue weighted by atomic mass is 35.5. The highest BCUT2D eigenvalue weighted by Gasteiger charge is 2.26. The highest BCUT2D eigenvalue weighted by molar-refractivity contribution is 7.99. The average molecular weight is 563 g/mol. The zero-order valence-corrected chi connectivity index (χ0v) is 22.1. The van der Waals surface area contributed by atoms with Crippen LogP contribution in [0.3, 0.4) is 0 Å². The molecule has 0 aliphatic heterocycles. The molecule has 1 aromatic heterocycles. The van der Waals surface area contributed by atoms with Crippen LogP contribution in [0.25, 0.3) is 5.69 Å². The number of aryl methyl sites for hydroxylation is 1. The Kier molecular flexibility index (Phi) is 8.52. The summed E-state index contributed by atoms with van der Waals surface area (Å²) < 4.78 is 26.2. The maximum Gasteiger partial charge on any atom is 0.220 e. The molecule has 0 fully saturated rings. The molecule has 0 bridgehead atoms. The summed E-state index contributed by atoms with van der Waals surface area (Å²) >= 11 is 14.1. The van der Waals surface area contributed by atoms with Crippen LogP contribution in [0, 0.1) is 22.9 Å². The number of halogens is 3. The lowest BCUT2D eigenvalue weighted by atomic mass is 10.1. The van der Waals surface area contributed by atoms with E-state index in [1.54, 1.807) is 55.0 Å². The largest absolute Gasteiger partial charge is 0.497 e. The summed E-state index contributed by atoms with van der Waals surface area (Å²) in [5, 5.41) is 20.1. The summed E-state index contributed by atoms with van der Waals surface area (Å²) in [6.45, 7) is 1.44. The predicted molar refractivity (Wildman–Crippen MR) is 140 cm³/mol. The Hall–Kier alpha value is -3.34. The monoisotopic (exact) mass is 562 g/mol. The zero-order chi connectivity index (χ0) is 26.5. The molecule has 0 spiro atoms. The van der Waals surface area contributed by atoms with Gasteiger partial charge in [-0.1, -0.05) is 47.1 Å². The summed E-state index contributed by atoms with van der Waals surface area (Å²) in [4.78, 5) is 11.1. The lowest BCUT2D eigenvalue weighted by Crippen LogP contribution is -2.11. The minimum Gasteiger partial charge on any atom is -0.497 e. The first-order valence-electron chi connectivity index (χ1n) is 11.0. The molecule has 0 radical (unpaired) electrons. The molecule has 1 heterocycles. The second-order valence-corrected chi connectivity index (χ2v) is 9.90. The van der Waals surface area contributed by atoms with Gasteiger partial charge in [0.25, 0.3) is 0 Å². The third-order valence-corrected chi connectivity index (χ3v) is 7.10. The molecule has 0 saturated heterocycles. The van der Waals surface area contributed by atoms with Gasteiger partial charge in [-0.15, -0.1) is 10.2 Å². The van der Waals surface area contributed by atoms with Gasteiger partial charge in [0.1, 0.15) is 29.2 Å². The molecule has 0 N–H and O–H groups in total. The van der Waals surface area contributed by atoms with E-state index in [2.05, 4.69) is 10.2 Å². The summed E-state index contributed by atoms with van der Waals surface area (Å²) in [6, 6.07) is 16.4. The molecule has 1 atom stereocenters. The zero-order valence-electron chi connectivity index (χ0n) is 19.7. The van der Waals surface area contributed by atoms with Gasteiger partial charge in [0.05, 0.1) is 17.2 Å². The van der Waals surface area contributed by atoms with E-state index < -0.39 is 16.7 Å². The topological polar surface area (TPSA) is 92.3 Å². The van der Waals surface area contributed by atoms with Gasteiger partial charge >= 0.3 is 0 Å². The van der Waals surface area contributed by atoms with E-state index in [4.69, 9.17) is 32.7 Å². The Morgan fingerprint density at radius 3 is 2.43 bits per heavy atom. The van der Waals surface area contributed by atoms with E-state index in [-0.39, 0.29) is 28.2 Å². The van der Waals surface area contributed by atoms with E-state index in [1.165, 1.54) is 23.9 Å². The molecule has 192 valence electrons. The molecule has 4 aromatic rings. The van der Waals surface area contributed by atoms with Crippen molar-refractivity contribution in [3.63, 3.8) is 0 Å². The fourth-order valence-electron chi connectivity index (χ4n) is 3.61. The van der Waals surface area contributed by atoms with Crippen LogP contribution < -0.4 is 9.47 Å². The van der Waals surface area contributed by atoms with Crippen molar-refractivity contribution < 1.29 is 18.8 Å². The van der Waals surface area contributed by atoms with Crippen molar-refractivity contribution in [1.82, 2.24) is 14.8 Å². The normalized spacial score (nSPS) is 11.8. The van der Waals surface area contributed by atoms with Gasteiger partial charge in [-0.05, 0) is 66.6 Å². The van der Waals surface area contributed by atoms with Crippen LogP contribution in [0.4, 0.5) is 4.39 Å². The number of nitro groups is 1. The molecular formula is C25H21Cl2FN4O4S. The molecule has 12 heteroatoms. The van der Waals surface area contributed by atoms with Gasteiger partial charge in [0, 0.05) is 10.6 Å². The Morgan fingerprint density at radius 1 is 1.11 bits per heavy atom. The number of hydrogen-bond donors (Lipinski definition) is 0. The SMILES string of the molecule is COc1ccc(-n2c(C)nnc2S[C@@H](C[N+](=O)[O-])c2cc(Cl)c(OCc3cccc(F)c3)c(Cl)c2)cc1. The molecule has 0 amide bonds. The van der Waals surface area contributed by atoms with Crippen LogP contribution in [-0.2, 0) is 6.61 Å². The molecule has 4 rings (SSSR count). The minimum atomic E-state index is -0.678. The van der Waals surface area contributed by atoms with E-state index >= 15 is 0 Å². The van der Waals surface area contributed by atoms with Crippen LogP contribution in [-0.4, -0.2) is 33.3 Å². The van der Waals surface area contributed by atoms with Gasteiger partial charge in [0.15, 0.2) is 10.9 Å². The van der Waals surface area contributed by atoms with E-state index in [1.807, 2.05) is 12.1 Å². The summed E-state index contributed by atoms with van der Waals surface area (Å²) in [5.41, 5.74) is 1.91. The first kappa shape index (κ1) is 26.7. The van der Waals surface area contributed by atoms with Crippen molar-refractivity contribution in [1.29, 1.82) is 0 Å². The first-order chi connectivity index (χ1) is 17.7. The number of rotatable bonds is 10. The van der Waals surface area contributed by atoms with E-state index in [9.17, 15) is 14.5 Å². The first-order valence-corrected chi connectivity index (χ1v) is 12.6. The van der Waals surface area contributed by atoms with Crippen LogP contribution in [0.1, 0.15) is 22.2 Å². The third-order valence-electron chi connectivity index (χ3n) is 5.35. The van der Waals surface area contributed by atoms with Crippen LogP contribution >= 0.6 is 35.0 Å². The number of ether oxygens (including phenoxy) is 2. The van der Waals surface area contributed by atoms with Crippen LogP contribution in [0.15, 0.2) is 65.8 Å². The van der Waals surface area contributed by atoms with Gasteiger partial charge in [0.2, 0.25) is 6.54 Å². The quantitative estimate of drug-likeness (QED) is 0.120. The fraction of sp³-hybridized carbons (Fsp3) is 0.200. The van der Waals surface area contributed by atoms with Gasteiger partial charge in [-0.3, -0.25) is 14.7 Å². The van der Waals surface area contributed by atoms with Gasteiger partial charge < -0.3 is 9.47 Å². The number of thioether (sulfide) groups is 1. The van der Waals surface area contributed by atoms with E-state index in [0.29, 0.717) is 27.9 Å². The van der Waals surface area contributed by atoms with Crippen molar-refractivity contribution in [2.45, 2.75) is 23.9 Å². The number of hydrogen-bond acceptors (Lipinski definition) is 7. The maximum atomic E-state index is 13.5. The maximum absolute atomic E-state index is 13.5. The molecule has 0 unspecified atom stereocenters. The second kappa shape index (κ2) is 11.8. The number of nitrogens with zero attached hydrogens (tertiary/aromatic N) is 4. The van der Waals surface area contributed by atoms with Crippen molar-refractivity contribution in [3.05, 3.63) is 104 Å². The minimum absolute atomic E-state index is 0.0495. The number of methoxy groups -OCH3 is 1. The molecule has 8 nitrogen and oxygen atoms in total. The number of benzene rings is 3. The molecule has 0 saturated carbocycles. The Morgan fingerprint density at radius 2 is 1.81 bits per heavy atom. The van der Waals surface area contributed by atoms with Crippen molar-refractivity contribution in [3.8, 4) is 17.2 Å². The van der Waals surface area contributed by atoms with Crippen molar-refractivity contribution in [2.75, 3.05) is 13.7 Å². The highest BCUT2D eigenvalue weighted by Crippen LogP contribution is 2.42. The van der Waals surface area contributed by atoms with Crippen molar-refractivity contribution in [2.24, 2.45) is 0 Å². The molecule has 37 heavy (non-hydrogen) atoms. The van der Waals surface area contributed by atoms with Gasteiger partial charge in [-0.25, -0.2) is 4.39 Å². The summed E-state index contributed by atoms with van der Waals surface area (Å²) in [6.07, 6.45) is 0. The standard InChI is InChI=1S/C25H21Cl2FN4O4S/c1-15-29-30-25(32(15)19-6-8-20(35-2)9-7-19)37-23(13-31(33)34)17-11-21(26)24(22(27)12-17)36-14-16-4-3-5-18(28)10-16/h3-12,23H,13-14H2,1-2H3/t23-/m0/s1. The van der Waals surface area contributed by atoms with Crippen molar-refractivity contribution >= 4 is 35.0 Å². The van der Waals surface area contributed by atoms with Crippen LogP contribution in [0.2, 0.25) is 10.0 Å². The Labute approximate surface area is 226 Å². The molecular weight excluding hydrogens is 542 g/mol. The molecule has 3 aromatic carbocycles. The fourth-order valence-corrected chi connectivity index (χ4v) is 5.37. The lowest BCUT2D eigenvalue weighted by molar-refractivity contribution is -0.479. The Balaban J connectivity index is 1.61. The van der Waals surface area contributed by atoms with Crippen LogP contribution in [0.5, 0.6) is 11.5 Å².